The van der Waals surface area contributed by atoms with Gasteiger partial charge in [0.1, 0.15) is 165 Å². The van der Waals surface area contributed by atoms with Crippen LogP contribution in [-0.4, -0.2) is 401 Å². The molecule has 0 N–H and O–H groups in total. The second kappa shape index (κ2) is 40.2. The fraction of sp³-hybridized carbons (Fsp3) is 1.00. The van der Waals surface area contributed by atoms with E-state index in [2.05, 4.69) is 22.6 Å². The van der Waals surface area contributed by atoms with Crippen LogP contribution in [0.5, 0.6) is 0 Å². The highest BCUT2D eigenvalue weighted by atomic mass is 127. The molecule has 21 rings (SSSR count). The number of hydrogen-bond donors (Lipinski definition) is 0. The molecule has 568 valence electrons. The number of halogens is 1. The number of ether oxygens (including phenoxy) is 34. The molecule has 0 aliphatic carbocycles. The lowest BCUT2D eigenvalue weighted by atomic mass is 9.94. The second-order valence-corrected chi connectivity index (χ2v) is 25.7. The molecule has 0 aromatic carbocycles. The van der Waals surface area contributed by atoms with E-state index < -0.39 is 213 Å². The largest absolute Gasteiger partial charge is 0.382 e. The van der Waals surface area contributed by atoms with Crippen molar-refractivity contribution in [3.63, 3.8) is 0 Å². The molecule has 21 aliphatic rings. The van der Waals surface area contributed by atoms with Gasteiger partial charge in [-0.15, -0.1) is 0 Å². The first-order chi connectivity index (χ1) is 47.1. The van der Waals surface area contributed by atoms with Crippen molar-refractivity contribution < 1.29 is 161 Å². The Bertz CT molecular complexity index is 2190. The normalized spacial score (nSPS) is 46.4. The first-order valence-corrected chi connectivity index (χ1v) is 33.5. The van der Waals surface area contributed by atoms with Crippen LogP contribution in [-0.2, 0) is 161 Å². The monoisotopic (exact) mass is 1520 g/mol. The van der Waals surface area contributed by atoms with Crippen molar-refractivity contribution in [1.82, 2.24) is 0 Å². The van der Waals surface area contributed by atoms with Crippen LogP contribution in [0.25, 0.3) is 0 Å². The van der Waals surface area contributed by atoms with Crippen molar-refractivity contribution in [2.75, 3.05) is 188 Å². The third-order valence-electron chi connectivity index (χ3n) is 19.0. The molecule has 35 heteroatoms. The average molecular weight is 1530 g/mol. The van der Waals surface area contributed by atoms with E-state index in [0.717, 1.165) is 0 Å². The summed E-state index contributed by atoms with van der Waals surface area (Å²) in [7, 11) is 30.5. The lowest BCUT2D eigenvalue weighted by Gasteiger charge is -2.52. The van der Waals surface area contributed by atoms with Gasteiger partial charge in [0, 0.05) is 142 Å². The maximum atomic E-state index is 7.06. The second-order valence-electron chi connectivity index (χ2n) is 24.2. The molecule has 21 saturated heterocycles. The van der Waals surface area contributed by atoms with Crippen molar-refractivity contribution in [3.8, 4) is 0 Å². The summed E-state index contributed by atoms with van der Waals surface area (Å²) < 4.78 is 219. The molecular weight excluding hydrogens is 1420 g/mol. The van der Waals surface area contributed by atoms with Crippen LogP contribution in [0.15, 0.2) is 0 Å². The van der Waals surface area contributed by atoms with Gasteiger partial charge in [0.2, 0.25) is 0 Å². The summed E-state index contributed by atoms with van der Waals surface area (Å²) in [4.78, 5) is 0. The molecule has 0 aromatic heterocycles. The van der Waals surface area contributed by atoms with Gasteiger partial charge in [0.15, 0.2) is 44.0 Å². The van der Waals surface area contributed by atoms with Gasteiger partial charge in [-0.1, -0.05) is 22.6 Å². The van der Waals surface area contributed by atoms with Crippen LogP contribution >= 0.6 is 22.6 Å². The summed E-state index contributed by atoms with van der Waals surface area (Å²) in [6.45, 7) is -0.127. The van der Waals surface area contributed by atoms with Gasteiger partial charge in [0.25, 0.3) is 0 Å². The zero-order valence-corrected chi connectivity index (χ0v) is 61.6. The standard InChI is InChI=1S/C62H109IO34/c1-64-21-28-36-43(71-8)35(63)56(84-28)91-37-29(22-65-2)85-58(50(78-15)44(37)72-9)93-39-31(24-67-4)87-60(52(80-17)46(39)74-11)95-41-33(26-69-6)89-62(54(82-19)48(41)76-13)97-42-34(27-70-7)90-61(55(83-20)49(42)77-14)96-40-32(25-68-5)88-59(53(81-18)47(40)75-12)94-38-30(23-66-3)86-57(92-36)51(79-16)45(38)73-10/h28-62H,21-27H2,1-20H3/t28-,29-,30-,31-,32-,33-,34-,35+,36-,37-,38-,39-,40-,41-,42-,43-,44+,45+,46+,47+,48+,49+,50+,51-,52-,53-,54-,55-,56-,57-,58-,59-,60-,61-,62-/m1/s1. The number of alkyl halides is 1. The minimum atomic E-state index is -1.21. The molecule has 34 nitrogen and oxygen atoms in total. The molecule has 0 saturated carbocycles. The van der Waals surface area contributed by atoms with E-state index in [1.165, 1.54) is 121 Å². The maximum Gasteiger partial charge on any atom is 0.187 e. The number of rotatable bonds is 27. The van der Waals surface area contributed by atoms with Crippen LogP contribution in [0, 0.1) is 0 Å². The fourth-order valence-electron chi connectivity index (χ4n) is 14.6. The van der Waals surface area contributed by atoms with Gasteiger partial charge in [0.05, 0.1) is 50.2 Å². The van der Waals surface area contributed by atoms with Gasteiger partial charge in [-0.3, -0.25) is 0 Å². The van der Waals surface area contributed by atoms with Crippen LogP contribution in [0.2, 0.25) is 0 Å². The Kier molecular flexibility index (Phi) is 34.0. The van der Waals surface area contributed by atoms with Crippen LogP contribution in [0.1, 0.15) is 0 Å². The molecule has 0 spiro atoms. The lowest BCUT2D eigenvalue weighted by molar-refractivity contribution is -0.402. The summed E-state index contributed by atoms with van der Waals surface area (Å²) in [5.74, 6) is 0. The maximum absolute atomic E-state index is 7.06. The van der Waals surface area contributed by atoms with Gasteiger partial charge < -0.3 is 161 Å². The van der Waals surface area contributed by atoms with E-state index >= 15 is 0 Å². The smallest absolute Gasteiger partial charge is 0.187 e. The highest BCUT2D eigenvalue weighted by Gasteiger charge is 2.62. The van der Waals surface area contributed by atoms with Crippen molar-refractivity contribution in [3.05, 3.63) is 0 Å². The molecule has 21 aliphatic heterocycles. The quantitative estimate of drug-likeness (QED) is 0.0725. The predicted octanol–water partition coefficient (Wildman–Crippen LogP) is -0.706. The van der Waals surface area contributed by atoms with Gasteiger partial charge >= 0.3 is 0 Å². The predicted molar refractivity (Wildman–Crippen MR) is 336 cm³/mol. The molecule has 0 radical (unpaired) electrons. The number of hydrogen-bond acceptors (Lipinski definition) is 34. The van der Waals surface area contributed by atoms with E-state index in [1.54, 1.807) is 21.3 Å². The molecule has 21 heterocycles. The van der Waals surface area contributed by atoms with E-state index in [0.29, 0.717) is 0 Å². The van der Waals surface area contributed by atoms with E-state index in [9.17, 15) is 0 Å². The molecule has 21 fully saturated rings. The Hall–Kier alpha value is -0.630. The summed E-state index contributed by atoms with van der Waals surface area (Å²) in [5, 5.41) is 0. The molecule has 35 atom stereocenters. The highest BCUT2D eigenvalue weighted by Crippen LogP contribution is 2.43. The van der Waals surface area contributed by atoms with E-state index in [4.69, 9.17) is 161 Å². The summed E-state index contributed by atoms with van der Waals surface area (Å²) in [6, 6.07) is 0. The molecular formula is C62H109IO34. The molecule has 0 amide bonds. The lowest BCUT2D eigenvalue weighted by Crippen LogP contribution is -2.69. The summed E-state index contributed by atoms with van der Waals surface area (Å²) in [6.07, 6.45) is -33.7. The highest BCUT2D eigenvalue weighted by molar-refractivity contribution is 14.1. The Morgan fingerprint density at radius 1 is 0.175 bits per heavy atom. The first-order valence-electron chi connectivity index (χ1n) is 32.3. The molecule has 14 bridgehead atoms. The molecule has 0 unspecified atom stereocenters. The number of methoxy groups -OCH3 is 20. The summed E-state index contributed by atoms with van der Waals surface area (Å²) >= 11 is 2.23. The van der Waals surface area contributed by atoms with Gasteiger partial charge in [-0.25, -0.2) is 0 Å². The van der Waals surface area contributed by atoms with Crippen LogP contribution in [0.3, 0.4) is 0 Å². The average Bonchev–Trinajstić information content (AvgIpc) is 0.776. The Labute approximate surface area is 582 Å². The van der Waals surface area contributed by atoms with E-state index in [-0.39, 0.29) is 46.2 Å². The minimum Gasteiger partial charge on any atom is -0.382 e. The SMILES string of the molecule is COC[C@H]1O[C@@H]2O[C@H]3[C@H](OC)[C@@H](OC)[C@@H](O[C@H]4[C@H](OC)[C@@H](OC)[C@@H](O[C@H]5[C@H](OC)[C@@H](OC)[C@@H](O[C@H]6[C@H](OC)[C@@H](OC)[C@@H](O[C@H]7[C@H](OC)[C@@H](OC)[C@@H](O[C@H]8[C@H](OC)[C@H](I)[C@@H](O[C@H]1[C@H](OC)[C@@H]2OC)O[C@@H]8COC)O[C@@H]7COC)O[C@@H]6COC)O[C@@H]5COC)O[C@@H]4COC)O[C@@H]3COC. The van der Waals surface area contributed by atoms with Crippen molar-refractivity contribution >= 4 is 22.6 Å². The Morgan fingerprint density at radius 3 is 0.454 bits per heavy atom. The Morgan fingerprint density at radius 2 is 0.309 bits per heavy atom. The van der Waals surface area contributed by atoms with Crippen LogP contribution in [0.4, 0.5) is 0 Å². The van der Waals surface area contributed by atoms with Crippen molar-refractivity contribution in [2.24, 2.45) is 0 Å². The van der Waals surface area contributed by atoms with E-state index in [1.807, 2.05) is 0 Å². The van der Waals surface area contributed by atoms with Crippen molar-refractivity contribution in [2.45, 2.75) is 213 Å². The zero-order chi connectivity index (χ0) is 70.2. The third-order valence-corrected chi connectivity index (χ3v) is 20.3. The third kappa shape index (κ3) is 18.1. The first kappa shape index (κ1) is 82.0. The fourth-order valence-corrected chi connectivity index (χ4v) is 15.6. The zero-order valence-electron chi connectivity index (χ0n) is 59.4. The van der Waals surface area contributed by atoms with Crippen LogP contribution < -0.4 is 0 Å². The van der Waals surface area contributed by atoms with Crippen molar-refractivity contribution in [1.29, 1.82) is 0 Å². The molecule has 0 aromatic rings. The Balaban J connectivity index is 1.23. The topological polar surface area (TPSA) is 314 Å². The van der Waals surface area contributed by atoms with Gasteiger partial charge in [-0.05, 0) is 0 Å². The summed E-state index contributed by atoms with van der Waals surface area (Å²) in [5.41, 5.74) is 0. The van der Waals surface area contributed by atoms with Gasteiger partial charge in [-0.2, -0.15) is 0 Å². The minimum absolute atomic E-state index is 0.00213. The molecule has 97 heavy (non-hydrogen) atoms.